The minimum Gasteiger partial charge on any atom is -0.355 e. The number of anilines is 1. The molecule has 1 aromatic heterocycles. The van der Waals surface area contributed by atoms with Crippen molar-refractivity contribution in [2.45, 2.75) is 46.1 Å². The summed E-state index contributed by atoms with van der Waals surface area (Å²) in [6, 6.07) is 15.5. The number of rotatable bonds is 10. The van der Waals surface area contributed by atoms with Crippen molar-refractivity contribution in [2.24, 2.45) is 0 Å². The Bertz CT molecular complexity index is 1780. The van der Waals surface area contributed by atoms with Gasteiger partial charge in [0.1, 0.15) is 5.82 Å². The van der Waals surface area contributed by atoms with Gasteiger partial charge in [-0.1, -0.05) is 26.0 Å². The fourth-order valence-corrected chi connectivity index (χ4v) is 4.70. The number of amides is 2. The van der Waals surface area contributed by atoms with Crippen molar-refractivity contribution in [1.82, 2.24) is 20.6 Å². The molecular weight excluding hydrogens is 561 g/mol. The molecule has 0 aliphatic rings. The fourth-order valence-electron chi connectivity index (χ4n) is 4.70. The van der Waals surface area contributed by atoms with E-state index in [1.807, 2.05) is 32.9 Å². The number of hydrogen-bond acceptors (Lipinski definition) is 6. The molecule has 10 heteroatoms. The van der Waals surface area contributed by atoms with Crippen molar-refractivity contribution >= 4 is 23.4 Å². The summed E-state index contributed by atoms with van der Waals surface area (Å²) < 4.78 is 13.5. The van der Waals surface area contributed by atoms with E-state index in [-0.39, 0.29) is 29.8 Å². The first kappa shape index (κ1) is 32.0. The minimum atomic E-state index is -0.603. The van der Waals surface area contributed by atoms with Gasteiger partial charge < -0.3 is 20.9 Å². The molecule has 9 nitrogen and oxygen atoms in total. The Morgan fingerprint density at radius 3 is 2.23 bits per heavy atom. The maximum Gasteiger partial charge on any atom is 0.291 e. The van der Waals surface area contributed by atoms with Gasteiger partial charge in [-0.05, 0) is 92.0 Å². The monoisotopic (exact) mass is 597 g/mol. The van der Waals surface area contributed by atoms with Crippen molar-refractivity contribution < 1.29 is 18.8 Å². The maximum absolute atomic E-state index is 13.5. The van der Waals surface area contributed by atoms with Crippen LogP contribution in [0.15, 0.2) is 65.5 Å². The van der Waals surface area contributed by atoms with E-state index in [1.165, 1.54) is 31.3 Å². The molecule has 2 amide bonds. The number of nitrogens with zero attached hydrogens (tertiary/aromatic N) is 1. The van der Waals surface area contributed by atoms with Gasteiger partial charge >= 0.3 is 0 Å². The zero-order valence-corrected chi connectivity index (χ0v) is 25.6. The summed E-state index contributed by atoms with van der Waals surface area (Å²) in [5, 5.41) is 8.04. The van der Waals surface area contributed by atoms with E-state index in [0.29, 0.717) is 33.6 Å². The van der Waals surface area contributed by atoms with Crippen LogP contribution in [0.3, 0.4) is 0 Å². The highest BCUT2D eigenvalue weighted by atomic mass is 19.1. The number of carbonyl (C=O) groups excluding carboxylic acids is 3. The molecule has 4 rings (SSSR count). The van der Waals surface area contributed by atoms with E-state index in [2.05, 4.69) is 25.9 Å². The number of carbonyl (C=O) groups is 3. The Hall–Kier alpha value is -4.96. The lowest BCUT2D eigenvalue weighted by Crippen LogP contribution is -2.37. The highest BCUT2D eigenvalue weighted by Gasteiger charge is 2.21. The summed E-state index contributed by atoms with van der Waals surface area (Å²) >= 11 is 0. The molecule has 0 aliphatic heterocycles. The predicted molar refractivity (Wildman–Crippen MR) is 169 cm³/mol. The number of aromatic amines is 1. The molecule has 4 N–H and O–H groups in total. The first-order chi connectivity index (χ1) is 20.9. The van der Waals surface area contributed by atoms with Crippen molar-refractivity contribution in [1.29, 1.82) is 0 Å². The third-order valence-electron chi connectivity index (χ3n) is 7.47. The summed E-state index contributed by atoms with van der Waals surface area (Å²) in [6.07, 6.45) is 0.185. The van der Waals surface area contributed by atoms with E-state index in [4.69, 9.17) is 0 Å². The fraction of sp³-hybridized carbons (Fsp3) is 0.265. The molecule has 0 fully saturated rings. The van der Waals surface area contributed by atoms with Crippen LogP contribution < -0.4 is 21.5 Å². The normalized spacial score (nSPS) is 11.7. The van der Waals surface area contributed by atoms with E-state index in [0.717, 1.165) is 16.7 Å². The Balaban J connectivity index is 1.88. The molecule has 0 radical (unpaired) electrons. The molecule has 228 valence electrons. The van der Waals surface area contributed by atoms with Gasteiger partial charge in [0.2, 0.25) is 5.91 Å². The predicted octanol–water partition coefficient (Wildman–Crippen LogP) is 4.74. The lowest BCUT2D eigenvalue weighted by molar-refractivity contribution is -0.117. The van der Waals surface area contributed by atoms with Gasteiger partial charge in [-0.25, -0.2) is 9.37 Å². The molecule has 0 spiro atoms. The quantitative estimate of drug-likeness (QED) is 0.195. The molecule has 0 saturated heterocycles. The summed E-state index contributed by atoms with van der Waals surface area (Å²) in [6.45, 7) is 7.54. The number of aryl methyl sites for hydroxylation is 1. The summed E-state index contributed by atoms with van der Waals surface area (Å²) in [4.78, 5) is 59.3. The zero-order chi connectivity index (χ0) is 32.1. The molecule has 44 heavy (non-hydrogen) atoms. The second-order valence-corrected chi connectivity index (χ2v) is 11.0. The van der Waals surface area contributed by atoms with E-state index in [1.54, 1.807) is 38.2 Å². The smallest absolute Gasteiger partial charge is 0.291 e. The summed E-state index contributed by atoms with van der Waals surface area (Å²) in [5.74, 6) is -1.50. The van der Waals surface area contributed by atoms with Gasteiger partial charge in [0.15, 0.2) is 11.6 Å². The van der Waals surface area contributed by atoms with Crippen molar-refractivity contribution in [3.05, 3.63) is 116 Å². The van der Waals surface area contributed by atoms with Crippen LogP contribution in [0.1, 0.15) is 75.4 Å². The lowest BCUT2D eigenvalue weighted by atomic mass is 9.91. The maximum atomic E-state index is 13.5. The van der Waals surface area contributed by atoms with Gasteiger partial charge in [-0.3, -0.25) is 19.2 Å². The van der Waals surface area contributed by atoms with Gasteiger partial charge in [0.05, 0.1) is 17.4 Å². The number of hydrogen-bond donors (Lipinski definition) is 4. The van der Waals surface area contributed by atoms with Crippen molar-refractivity contribution in [3.8, 4) is 11.3 Å². The van der Waals surface area contributed by atoms with Crippen LogP contribution in [-0.4, -0.2) is 47.7 Å². The molecule has 0 saturated carbocycles. The topological polar surface area (TPSA) is 133 Å². The zero-order valence-electron chi connectivity index (χ0n) is 25.6. The molecular formula is C34H36FN5O4. The molecule has 0 unspecified atom stereocenters. The SMILES string of the molecule is CNC(=O)c1ccc(C)c(-c2[nH]c(=O)c(NC(=O)[C@H](C)NC)nc2Cc2cc(C(=O)c3ccc(F)cc3)cc(C(C)C)c2)c1. The Morgan fingerprint density at radius 1 is 0.909 bits per heavy atom. The number of benzene rings is 3. The van der Waals surface area contributed by atoms with Crippen LogP contribution in [0.2, 0.25) is 0 Å². The van der Waals surface area contributed by atoms with Gasteiger partial charge in [-0.15, -0.1) is 0 Å². The van der Waals surface area contributed by atoms with Crippen molar-refractivity contribution in [2.75, 3.05) is 19.4 Å². The lowest BCUT2D eigenvalue weighted by Gasteiger charge is -2.17. The van der Waals surface area contributed by atoms with E-state index in [9.17, 15) is 23.6 Å². The average molecular weight is 598 g/mol. The van der Waals surface area contributed by atoms with Crippen LogP contribution in [0, 0.1) is 12.7 Å². The number of ketones is 1. The Morgan fingerprint density at radius 2 is 1.59 bits per heavy atom. The standard InChI is InChI=1S/C34H36FN5O4/c1-18(2)24-13-21(14-25(16-24)30(41)22-9-11-26(35)12-10-22)15-28-29(27-17-23(33(43)37-6)8-7-19(27)3)39-34(44)31(38-28)40-32(42)20(4)36-5/h7-14,16-18,20,36H,15H2,1-6H3,(H,37,43)(H,39,44)(H,38,40,42)/t20-/m0/s1. The first-order valence-corrected chi connectivity index (χ1v) is 14.3. The number of likely N-dealkylation sites (N-methyl/N-ethyl adjacent to an activating group) is 1. The molecule has 1 atom stereocenters. The van der Waals surface area contributed by atoms with E-state index < -0.39 is 23.3 Å². The highest BCUT2D eigenvalue weighted by molar-refractivity contribution is 6.09. The second kappa shape index (κ2) is 13.6. The number of halogens is 1. The third kappa shape index (κ3) is 7.15. The molecule has 4 aromatic rings. The molecule has 0 aliphatic carbocycles. The molecule has 1 heterocycles. The number of nitrogens with one attached hydrogen (secondary N) is 4. The van der Waals surface area contributed by atoms with Crippen LogP contribution in [0.5, 0.6) is 0 Å². The van der Waals surface area contributed by atoms with Gasteiger partial charge in [-0.2, -0.15) is 0 Å². The van der Waals surface area contributed by atoms with Crippen LogP contribution >= 0.6 is 0 Å². The third-order valence-corrected chi connectivity index (χ3v) is 7.47. The highest BCUT2D eigenvalue weighted by Crippen LogP contribution is 2.29. The largest absolute Gasteiger partial charge is 0.355 e. The first-order valence-electron chi connectivity index (χ1n) is 14.3. The Labute approximate surface area is 255 Å². The summed E-state index contributed by atoms with van der Waals surface area (Å²) in [7, 11) is 3.16. The summed E-state index contributed by atoms with van der Waals surface area (Å²) in [5.41, 5.74) is 4.42. The van der Waals surface area contributed by atoms with Gasteiger partial charge in [0.25, 0.3) is 11.5 Å². The second-order valence-electron chi connectivity index (χ2n) is 11.0. The molecule has 0 bridgehead atoms. The van der Waals surface area contributed by atoms with Gasteiger partial charge in [0, 0.05) is 35.7 Å². The Kier molecular flexibility index (Phi) is 9.85. The van der Waals surface area contributed by atoms with Crippen LogP contribution in [0.4, 0.5) is 10.2 Å². The minimum absolute atomic E-state index is 0.0853. The van der Waals surface area contributed by atoms with E-state index >= 15 is 0 Å². The average Bonchev–Trinajstić information content (AvgIpc) is 3.01. The number of H-pyrrole nitrogens is 1. The van der Waals surface area contributed by atoms with Crippen LogP contribution in [0.25, 0.3) is 11.3 Å². The van der Waals surface area contributed by atoms with Crippen molar-refractivity contribution in [3.63, 3.8) is 0 Å². The molecule has 3 aromatic carbocycles. The number of aromatic nitrogens is 2. The van der Waals surface area contributed by atoms with Crippen LogP contribution in [-0.2, 0) is 11.2 Å².